The molecule has 1 fully saturated rings. The topological polar surface area (TPSA) is 15.3 Å². The summed E-state index contributed by atoms with van der Waals surface area (Å²) in [7, 11) is 2.02. The van der Waals surface area contributed by atoms with Crippen LogP contribution in [-0.4, -0.2) is 30.5 Å². The van der Waals surface area contributed by atoms with Gasteiger partial charge in [-0.2, -0.15) is 0 Å². The number of nitrogens with one attached hydrogen (secondary N) is 1. The quantitative estimate of drug-likeness (QED) is 0.377. The van der Waals surface area contributed by atoms with Gasteiger partial charge in [-0.3, -0.25) is 10.2 Å². The van der Waals surface area contributed by atoms with E-state index in [1.807, 2.05) is 7.05 Å². The van der Waals surface area contributed by atoms with Crippen molar-refractivity contribution in [1.82, 2.24) is 10.2 Å². The first-order chi connectivity index (χ1) is 3.79. The van der Waals surface area contributed by atoms with Crippen LogP contribution in [0.3, 0.4) is 0 Å². The van der Waals surface area contributed by atoms with E-state index in [1.165, 1.54) is 0 Å². The summed E-state index contributed by atoms with van der Waals surface area (Å²) >= 11 is 5.74. The molecule has 1 unspecified atom stereocenters. The van der Waals surface area contributed by atoms with E-state index in [4.69, 9.17) is 11.6 Å². The third kappa shape index (κ3) is 1.62. The third-order valence-corrected chi connectivity index (χ3v) is 1.48. The summed E-state index contributed by atoms with van der Waals surface area (Å²) in [4.78, 5) is 2.09. The van der Waals surface area contributed by atoms with Crippen LogP contribution < -0.4 is 5.32 Å². The zero-order valence-corrected chi connectivity index (χ0v) is 5.65. The first kappa shape index (κ1) is 6.33. The Morgan fingerprint density at radius 1 is 1.88 bits per heavy atom. The number of rotatable bonds is 0. The molecule has 0 saturated carbocycles. The minimum Gasteiger partial charge on any atom is -0.299 e. The van der Waals surface area contributed by atoms with E-state index in [2.05, 4.69) is 16.8 Å². The van der Waals surface area contributed by atoms with Crippen LogP contribution in [0.25, 0.3) is 0 Å². The van der Waals surface area contributed by atoms with Gasteiger partial charge in [0, 0.05) is 19.6 Å². The highest BCUT2D eigenvalue weighted by molar-refractivity contribution is 6.20. The molecule has 3 heteroatoms. The Labute approximate surface area is 54.8 Å². The van der Waals surface area contributed by atoms with E-state index >= 15 is 0 Å². The molecule has 1 N–H and O–H groups in total. The minimum atomic E-state index is 0.130. The molecule has 2 nitrogen and oxygen atoms in total. The van der Waals surface area contributed by atoms with Crippen molar-refractivity contribution in [1.29, 1.82) is 0 Å². The fourth-order valence-electron chi connectivity index (χ4n) is 0.728. The fourth-order valence-corrected chi connectivity index (χ4v) is 1.04. The average Bonchev–Trinajstić information content (AvgIpc) is 1.64. The molecule has 0 aromatic heterocycles. The summed E-state index contributed by atoms with van der Waals surface area (Å²) in [5, 5.41) is 3.08. The molecule has 8 heavy (non-hydrogen) atoms. The predicted octanol–water partition coefficient (Wildman–Crippen LogP) is 0.248. The lowest BCUT2D eigenvalue weighted by Crippen LogP contribution is -2.43. The number of nitrogens with zero attached hydrogens (tertiary/aromatic N) is 1. The maximum absolute atomic E-state index is 5.74. The zero-order chi connectivity index (χ0) is 5.98. The van der Waals surface area contributed by atoms with E-state index < -0.39 is 0 Å². The van der Waals surface area contributed by atoms with Gasteiger partial charge in [-0.1, -0.05) is 0 Å². The Morgan fingerprint density at radius 2 is 2.62 bits per heavy atom. The maximum atomic E-state index is 5.74. The summed E-state index contributed by atoms with van der Waals surface area (Å²) in [6, 6.07) is 0. The van der Waals surface area contributed by atoms with Gasteiger partial charge in [0.1, 0.15) is 0 Å². The zero-order valence-electron chi connectivity index (χ0n) is 4.89. The van der Waals surface area contributed by atoms with Gasteiger partial charge in [0.2, 0.25) is 0 Å². The first-order valence-corrected chi connectivity index (χ1v) is 3.14. The van der Waals surface area contributed by atoms with Gasteiger partial charge in [-0.15, -0.1) is 11.6 Å². The smallest absolute Gasteiger partial charge is 0.0954 e. The van der Waals surface area contributed by atoms with Crippen LogP contribution in [0.15, 0.2) is 0 Å². The van der Waals surface area contributed by atoms with Gasteiger partial charge >= 0.3 is 0 Å². The Hall–Kier alpha value is 0.210. The third-order valence-electron chi connectivity index (χ3n) is 1.19. The summed E-state index contributed by atoms with van der Waals surface area (Å²) in [5.74, 6) is 0. The summed E-state index contributed by atoms with van der Waals surface area (Å²) in [5.41, 5.74) is 0.130. The average molecular weight is 134 g/mol. The molecule has 47 valence electrons. The van der Waals surface area contributed by atoms with Gasteiger partial charge in [-0.25, -0.2) is 0 Å². The van der Waals surface area contributed by atoms with E-state index in [9.17, 15) is 0 Å². The fraction of sp³-hybridized carbons (Fsp3) is 0.800. The highest BCUT2D eigenvalue weighted by Gasteiger charge is 2.12. The molecule has 1 aliphatic heterocycles. The maximum Gasteiger partial charge on any atom is 0.0954 e. The van der Waals surface area contributed by atoms with Crippen LogP contribution in [0.1, 0.15) is 0 Å². The second kappa shape index (κ2) is 2.67. The number of piperazine rings is 1. The van der Waals surface area contributed by atoms with Gasteiger partial charge in [0.25, 0.3) is 0 Å². The second-order valence-electron chi connectivity index (χ2n) is 2.00. The summed E-state index contributed by atoms with van der Waals surface area (Å²) in [6.07, 6.45) is 0. The highest BCUT2D eigenvalue weighted by Crippen LogP contribution is 2.01. The number of hydrogen-bond donors (Lipinski definition) is 1. The Morgan fingerprint density at radius 3 is 3.00 bits per heavy atom. The van der Waals surface area contributed by atoms with Crippen molar-refractivity contribution < 1.29 is 0 Å². The molecule has 0 spiro atoms. The largest absolute Gasteiger partial charge is 0.299 e. The van der Waals surface area contributed by atoms with Crippen molar-refractivity contribution in [3.05, 3.63) is 6.54 Å². The van der Waals surface area contributed by atoms with Crippen LogP contribution >= 0.6 is 11.6 Å². The SMILES string of the molecule is CN1[CH]CNC(Cl)C1. The number of alkyl halides is 1. The van der Waals surface area contributed by atoms with Crippen molar-refractivity contribution in [2.24, 2.45) is 0 Å². The number of hydrogen-bond acceptors (Lipinski definition) is 2. The van der Waals surface area contributed by atoms with Crippen molar-refractivity contribution in [2.75, 3.05) is 20.1 Å². The van der Waals surface area contributed by atoms with E-state index in [0.717, 1.165) is 13.1 Å². The van der Waals surface area contributed by atoms with E-state index in [1.54, 1.807) is 0 Å². The lowest BCUT2D eigenvalue weighted by atomic mass is 10.4. The molecule has 0 aliphatic carbocycles. The molecule has 1 aliphatic rings. The number of likely N-dealkylation sites (N-methyl/N-ethyl adjacent to an activating group) is 1. The summed E-state index contributed by atoms with van der Waals surface area (Å²) < 4.78 is 0. The van der Waals surface area contributed by atoms with Crippen LogP contribution in [0, 0.1) is 6.54 Å². The summed E-state index contributed by atoms with van der Waals surface area (Å²) in [6.45, 7) is 3.88. The van der Waals surface area contributed by atoms with Crippen molar-refractivity contribution >= 4 is 11.6 Å². The van der Waals surface area contributed by atoms with Gasteiger partial charge in [0.05, 0.1) is 5.50 Å². The number of halogens is 1. The van der Waals surface area contributed by atoms with Gasteiger partial charge in [0.15, 0.2) is 0 Å². The minimum absolute atomic E-state index is 0.130. The lowest BCUT2D eigenvalue weighted by Gasteiger charge is -2.25. The molecule has 1 heterocycles. The van der Waals surface area contributed by atoms with Crippen LogP contribution in [-0.2, 0) is 0 Å². The molecule has 1 radical (unpaired) electrons. The van der Waals surface area contributed by atoms with E-state index in [0.29, 0.717) is 0 Å². The molecule has 0 aromatic rings. The predicted molar refractivity (Wildman–Crippen MR) is 34.6 cm³/mol. The lowest BCUT2D eigenvalue weighted by molar-refractivity contribution is 0.330. The molecule has 0 bridgehead atoms. The van der Waals surface area contributed by atoms with Gasteiger partial charge < -0.3 is 0 Å². The Balaban J connectivity index is 2.23. The van der Waals surface area contributed by atoms with Gasteiger partial charge in [-0.05, 0) is 7.05 Å². The standard InChI is InChI=1S/C5H10ClN2/c1-8-3-2-7-5(6)4-8/h3,5,7H,2,4H2,1H3. The van der Waals surface area contributed by atoms with Crippen molar-refractivity contribution in [3.8, 4) is 0 Å². The second-order valence-corrected chi connectivity index (χ2v) is 2.52. The van der Waals surface area contributed by atoms with Crippen molar-refractivity contribution in [2.45, 2.75) is 5.50 Å². The Kier molecular flexibility index (Phi) is 2.11. The van der Waals surface area contributed by atoms with Crippen LogP contribution in [0.5, 0.6) is 0 Å². The normalized spacial score (nSPS) is 33.0. The van der Waals surface area contributed by atoms with Crippen LogP contribution in [0.4, 0.5) is 0 Å². The monoisotopic (exact) mass is 133 g/mol. The molecule has 1 atom stereocenters. The highest BCUT2D eigenvalue weighted by atomic mass is 35.5. The molecular weight excluding hydrogens is 124 g/mol. The Bertz CT molecular complexity index is 68.8. The van der Waals surface area contributed by atoms with E-state index in [-0.39, 0.29) is 5.50 Å². The van der Waals surface area contributed by atoms with Crippen LogP contribution in [0.2, 0.25) is 0 Å². The molecule has 0 amide bonds. The molecule has 0 aromatic carbocycles. The molecule has 1 saturated heterocycles. The molecule has 1 rings (SSSR count). The van der Waals surface area contributed by atoms with Crippen molar-refractivity contribution in [3.63, 3.8) is 0 Å². The first-order valence-electron chi connectivity index (χ1n) is 2.70. The molecular formula is C5H10ClN2.